The van der Waals surface area contributed by atoms with Crippen molar-refractivity contribution < 1.29 is 4.79 Å². The van der Waals surface area contributed by atoms with Gasteiger partial charge in [-0.2, -0.15) is 0 Å². The molecule has 1 aliphatic carbocycles. The number of nitrogens with two attached hydrogens (primary N) is 1. The van der Waals surface area contributed by atoms with E-state index in [2.05, 4.69) is 4.85 Å². The van der Waals surface area contributed by atoms with E-state index in [9.17, 15) is 4.79 Å². The fourth-order valence-electron chi connectivity index (χ4n) is 1.52. The zero-order valence-electron chi connectivity index (χ0n) is 6.97. The Kier molecular flexibility index (Phi) is 2.87. The van der Waals surface area contributed by atoms with Gasteiger partial charge < -0.3 is 5.73 Å². The second-order valence-electron chi connectivity index (χ2n) is 2.99. The zero-order chi connectivity index (χ0) is 8.97. The van der Waals surface area contributed by atoms with Crippen LogP contribution in [0.1, 0.15) is 32.1 Å². The molecule has 3 heteroatoms. The first-order chi connectivity index (χ1) is 5.75. The first kappa shape index (κ1) is 8.79. The Balaban J connectivity index is 2.84. The molecule has 1 fully saturated rings. The summed E-state index contributed by atoms with van der Waals surface area (Å²) in [7, 11) is 0. The average Bonchev–Trinajstić information content (AvgIpc) is 2.07. The molecule has 0 atom stereocenters. The minimum absolute atomic E-state index is 0.176. The monoisotopic (exact) mass is 164 g/mol. The lowest BCUT2D eigenvalue weighted by molar-refractivity contribution is -0.114. The van der Waals surface area contributed by atoms with Gasteiger partial charge in [0.05, 0.1) is 6.57 Å². The molecule has 64 valence electrons. The third kappa shape index (κ3) is 1.85. The van der Waals surface area contributed by atoms with Crippen LogP contribution in [0.5, 0.6) is 0 Å². The molecule has 0 aromatic rings. The molecular weight excluding hydrogens is 152 g/mol. The highest BCUT2D eigenvalue weighted by Crippen LogP contribution is 2.25. The van der Waals surface area contributed by atoms with Crippen LogP contribution in [0, 0.1) is 6.57 Å². The van der Waals surface area contributed by atoms with Crippen LogP contribution in [-0.4, -0.2) is 5.91 Å². The van der Waals surface area contributed by atoms with E-state index in [1.807, 2.05) is 0 Å². The van der Waals surface area contributed by atoms with Gasteiger partial charge >= 0.3 is 0 Å². The standard InChI is InChI=1S/C9H12N2O/c1-11-8(9(10)12)7-5-3-2-4-6-7/h2-6H2,(H2,10,12). The molecule has 0 radical (unpaired) electrons. The van der Waals surface area contributed by atoms with Crippen molar-refractivity contribution in [3.8, 4) is 0 Å². The molecule has 0 bridgehead atoms. The number of rotatable bonds is 1. The third-order valence-corrected chi connectivity index (χ3v) is 2.14. The molecule has 0 saturated heterocycles. The molecule has 0 aromatic heterocycles. The number of carbonyl (C=O) groups excluding carboxylic acids is 1. The fraction of sp³-hybridized carbons (Fsp3) is 0.556. The van der Waals surface area contributed by atoms with Crippen molar-refractivity contribution in [2.45, 2.75) is 32.1 Å². The Labute approximate surface area is 72.1 Å². The summed E-state index contributed by atoms with van der Waals surface area (Å²) < 4.78 is 0. The lowest BCUT2D eigenvalue weighted by atomic mass is 9.93. The summed E-state index contributed by atoms with van der Waals surface area (Å²) in [4.78, 5) is 13.9. The number of nitrogens with zero attached hydrogens (tertiary/aromatic N) is 1. The SMILES string of the molecule is [C-]#[N+]C(C(N)=O)=C1CCCCC1. The number of primary amides is 1. The average molecular weight is 164 g/mol. The quantitative estimate of drug-likeness (QED) is 0.464. The van der Waals surface area contributed by atoms with Crippen LogP contribution in [0.2, 0.25) is 0 Å². The van der Waals surface area contributed by atoms with Crippen LogP contribution in [0.3, 0.4) is 0 Å². The highest BCUT2D eigenvalue weighted by molar-refractivity contribution is 5.94. The molecule has 0 aromatic carbocycles. The number of carbonyl (C=O) groups is 1. The van der Waals surface area contributed by atoms with Crippen molar-refractivity contribution in [1.29, 1.82) is 0 Å². The van der Waals surface area contributed by atoms with Crippen molar-refractivity contribution in [2.75, 3.05) is 0 Å². The zero-order valence-corrected chi connectivity index (χ0v) is 6.97. The molecule has 12 heavy (non-hydrogen) atoms. The van der Waals surface area contributed by atoms with Crippen molar-refractivity contribution in [3.63, 3.8) is 0 Å². The van der Waals surface area contributed by atoms with E-state index in [1.165, 1.54) is 6.42 Å². The molecule has 1 saturated carbocycles. The van der Waals surface area contributed by atoms with Crippen LogP contribution in [0.4, 0.5) is 0 Å². The predicted octanol–water partition coefficient (Wildman–Crippen LogP) is 1.61. The molecule has 0 heterocycles. The molecule has 0 unspecified atom stereocenters. The minimum atomic E-state index is -0.568. The normalized spacial score (nSPS) is 16.8. The topological polar surface area (TPSA) is 47.5 Å². The highest BCUT2D eigenvalue weighted by Gasteiger charge is 2.14. The van der Waals surface area contributed by atoms with Gasteiger partial charge in [-0.1, -0.05) is 24.8 Å². The van der Waals surface area contributed by atoms with E-state index in [0.29, 0.717) is 0 Å². The number of hydrogen-bond donors (Lipinski definition) is 1. The highest BCUT2D eigenvalue weighted by atomic mass is 16.1. The first-order valence-corrected chi connectivity index (χ1v) is 4.15. The largest absolute Gasteiger partial charge is 0.375 e. The van der Waals surface area contributed by atoms with Gasteiger partial charge in [-0.3, -0.25) is 4.79 Å². The smallest absolute Gasteiger partial charge is 0.249 e. The van der Waals surface area contributed by atoms with Crippen molar-refractivity contribution in [1.82, 2.24) is 0 Å². The maximum Gasteiger partial charge on any atom is 0.249 e. The maximum absolute atomic E-state index is 10.8. The second-order valence-corrected chi connectivity index (χ2v) is 2.99. The van der Waals surface area contributed by atoms with Gasteiger partial charge in [-0.25, -0.2) is 4.85 Å². The summed E-state index contributed by atoms with van der Waals surface area (Å²) >= 11 is 0. The first-order valence-electron chi connectivity index (χ1n) is 4.15. The Morgan fingerprint density at radius 2 is 1.92 bits per heavy atom. The van der Waals surface area contributed by atoms with Crippen molar-refractivity contribution in [2.24, 2.45) is 5.73 Å². The summed E-state index contributed by atoms with van der Waals surface area (Å²) in [5, 5.41) is 0. The fourth-order valence-corrected chi connectivity index (χ4v) is 1.52. The van der Waals surface area contributed by atoms with Crippen molar-refractivity contribution in [3.05, 3.63) is 22.7 Å². The Morgan fingerprint density at radius 3 is 2.33 bits per heavy atom. The summed E-state index contributed by atoms with van der Waals surface area (Å²) in [6, 6.07) is 0. The van der Waals surface area contributed by atoms with Crippen LogP contribution in [0.25, 0.3) is 4.85 Å². The Hall–Kier alpha value is -1.30. The van der Waals surface area contributed by atoms with Gasteiger partial charge in [0.1, 0.15) is 0 Å². The number of hydrogen-bond acceptors (Lipinski definition) is 1. The van der Waals surface area contributed by atoms with E-state index in [-0.39, 0.29) is 5.70 Å². The second kappa shape index (κ2) is 3.91. The van der Waals surface area contributed by atoms with Crippen LogP contribution < -0.4 is 5.73 Å². The van der Waals surface area contributed by atoms with E-state index in [1.54, 1.807) is 0 Å². The van der Waals surface area contributed by atoms with Gasteiger partial charge in [0.2, 0.25) is 11.6 Å². The Morgan fingerprint density at radius 1 is 1.33 bits per heavy atom. The summed E-state index contributed by atoms with van der Waals surface area (Å²) in [5.74, 6) is -0.568. The van der Waals surface area contributed by atoms with Crippen molar-refractivity contribution >= 4 is 5.91 Å². The molecule has 1 aliphatic rings. The number of allylic oxidation sites excluding steroid dienone is 1. The summed E-state index contributed by atoms with van der Waals surface area (Å²) in [5.41, 5.74) is 6.20. The number of amides is 1. The third-order valence-electron chi connectivity index (χ3n) is 2.14. The van der Waals surface area contributed by atoms with E-state index < -0.39 is 5.91 Å². The molecule has 0 spiro atoms. The van der Waals surface area contributed by atoms with E-state index >= 15 is 0 Å². The molecule has 3 nitrogen and oxygen atoms in total. The molecular formula is C9H12N2O. The minimum Gasteiger partial charge on any atom is -0.375 e. The van der Waals surface area contributed by atoms with Gasteiger partial charge in [-0.15, -0.1) is 0 Å². The van der Waals surface area contributed by atoms with Gasteiger partial charge in [0, 0.05) is 0 Å². The molecule has 2 N–H and O–H groups in total. The molecule has 0 aliphatic heterocycles. The van der Waals surface area contributed by atoms with Gasteiger partial charge in [0.25, 0.3) is 0 Å². The van der Waals surface area contributed by atoms with E-state index in [0.717, 1.165) is 31.3 Å². The van der Waals surface area contributed by atoms with Gasteiger partial charge in [0.15, 0.2) is 0 Å². The summed E-state index contributed by atoms with van der Waals surface area (Å²) in [6.07, 6.45) is 5.12. The molecule has 1 amide bonds. The predicted molar refractivity (Wildman–Crippen MR) is 45.9 cm³/mol. The van der Waals surface area contributed by atoms with Crippen LogP contribution in [-0.2, 0) is 4.79 Å². The van der Waals surface area contributed by atoms with Gasteiger partial charge in [-0.05, 0) is 12.8 Å². The van der Waals surface area contributed by atoms with E-state index in [4.69, 9.17) is 12.3 Å². The Bertz CT molecular complexity index is 252. The maximum atomic E-state index is 10.8. The lowest BCUT2D eigenvalue weighted by Crippen LogP contribution is -2.14. The van der Waals surface area contributed by atoms with Crippen LogP contribution in [0.15, 0.2) is 11.3 Å². The summed E-state index contributed by atoms with van der Waals surface area (Å²) in [6.45, 7) is 6.79. The molecule has 1 rings (SSSR count). The van der Waals surface area contributed by atoms with Crippen LogP contribution >= 0.6 is 0 Å². The lowest BCUT2D eigenvalue weighted by Gasteiger charge is -2.14.